The number of rotatable bonds is 3. The molecule has 0 bridgehead atoms. The fraction of sp³-hybridized carbons (Fsp3) is 0.0625. The van der Waals surface area contributed by atoms with E-state index >= 15 is 0 Å². The fourth-order valence-corrected chi connectivity index (χ4v) is 2.83. The molecule has 1 heterocycles. The summed E-state index contributed by atoms with van der Waals surface area (Å²) in [6.45, 7) is 0.797. The van der Waals surface area contributed by atoms with Crippen LogP contribution in [0.3, 0.4) is 0 Å². The average Bonchev–Trinajstić information content (AvgIpc) is 2.89. The van der Waals surface area contributed by atoms with Gasteiger partial charge in [-0.3, -0.25) is 0 Å². The summed E-state index contributed by atoms with van der Waals surface area (Å²) in [5.74, 6) is 0.122. The van der Waals surface area contributed by atoms with Gasteiger partial charge in [-0.2, -0.15) is 0 Å². The van der Waals surface area contributed by atoms with E-state index < -0.39 is 0 Å². The van der Waals surface area contributed by atoms with E-state index in [1.165, 1.54) is 5.56 Å². The number of nitrogens with zero attached hydrogens (tertiary/aromatic N) is 2. The van der Waals surface area contributed by atoms with Gasteiger partial charge in [0.05, 0.1) is 0 Å². The number of oxime groups is 1. The Labute approximate surface area is 130 Å². The van der Waals surface area contributed by atoms with E-state index in [9.17, 15) is 0 Å². The summed E-state index contributed by atoms with van der Waals surface area (Å²) in [6.07, 6.45) is 2.04. The first-order valence-corrected chi connectivity index (χ1v) is 7.28. The van der Waals surface area contributed by atoms with Gasteiger partial charge in [-0.1, -0.05) is 33.2 Å². The summed E-state index contributed by atoms with van der Waals surface area (Å²) >= 11 is 3.49. The van der Waals surface area contributed by atoms with E-state index in [2.05, 4.69) is 37.8 Å². The van der Waals surface area contributed by atoms with Gasteiger partial charge < -0.3 is 15.5 Å². The van der Waals surface area contributed by atoms with Gasteiger partial charge in [0.1, 0.15) is 0 Å². The highest BCUT2D eigenvalue weighted by molar-refractivity contribution is 9.10. The molecule has 0 spiro atoms. The highest BCUT2D eigenvalue weighted by atomic mass is 79.9. The van der Waals surface area contributed by atoms with Crippen molar-refractivity contribution in [3.63, 3.8) is 0 Å². The summed E-state index contributed by atoms with van der Waals surface area (Å²) < 4.78 is 3.25. The van der Waals surface area contributed by atoms with E-state index in [-0.39, 0.29) is 5.84 Å². The van der Waals surface area contributed by atoms with E-state index in [1.54, 1.807) is 0 Å². The summed E-state index contributed by atoms with van der Waals surface area (Å²) in [5.41, 5.74) is 8.67. The fourth-order valence-electron chi connectivity index (χ4n) is 2.39. The van der Waals surface area contributed by atoms with Crippen molar-refractivity contribution < 1.29 is 5.21 Å². The molecule has 0 aliphatic rings. The monoisotopic (exact) mass is 343 g/mol. The number of amidine groups is 1. The van der Waals surface area contributed by atoms with Crippen molar-refractivity contribution in [2.45, 2.75) is 6.54 Å². The highest BCUT2D eigenvalue weighted by Gasteiger charge is 2.05. The van der Waals surface area contributed by atoms with Gasteiger partial charge in [0.15, 0.2) is 5.84 Å². The first-order valence-electron chi connectivity index (χ1n) is 6.48. The minimum atomic E-state index is 0.122. The molecule has 5 heteroatoms. The first kappa shape index (κ1) is 13.7. The predicted molar refractivity (Wildman–Crippen MR) is 87.7 cm³/mol. The second kappa shape index (κ2) is 5.61. The van der Waals surface area contributed by atoms with Crippen molar-refractivity contribution in [3.05, 3.63) is 70.3 Å². The lowest BCUT2D eigenvalue weighted by Crippen LogP contribution is -2.12. The molecule has 0 saturated carbocycles. The van der Waals surface area contributed by atoms with Crippen LogP contribution in [0.25, 0.3) is 10.9 Å². The van der Waals surface area contributed by atoms with Gasteiger partial charge in [0.25, 0.3) is 0 Å². The number of nitrogens with two attached hydrogens (primary N) is 1. The molecule has 0 aliphatic heterocycles. The molecule has 0 fully saturated rings. The van der Waals surface area contributed by atoms with Gasteiger partial charge in [0, 0.05) is 33.7 Å². The average molecular weight is 344 g/mol. The van der Waals surface area contributed by atoms with Crippen LogP contribution in [0.5, 0.6) is 0 Å². The predicted octanol–water partition coefficient (Wildman–Crippen LogP) is 3.55. The van der Waals surface area contributed by atoms with Crippen molar-refractivity contribution in [2.75, 3.05) is 0 Å². The van der Waals surface area contributed by atoms with Crippen molar-refractivity contribution in [3.8, 4) is 0 Å². The molecule has 0 aliphatic carbocycles. The zero-order valence-electron chi connectivity index (χ0n) is 11.2. The molecule has 1 aromatic heterocycles. The summed E-state index contributed by atoms with van der Waals surface area (Å²) in [6, 6.07) is 16.0. The van der Waals surface area contributed by atoms with Gasteiger partial charge in [-0.05, 0) is 42.0 Å². The number of hydrogen-bond donors (Lipinski definition) is 2. The maximum atomic E-state index is 8.74. The third-order valence-corrected chi connectivity index (χ3v) is 3.91. The molecule has 4 nitrogen and oxygen atoms in total. The maximum absolute atomic E-state index is 8.74. The van der Waals surface area contributed by atoms with Crippen molar-refractivity contribution in [1.29, 1.82) is 0 Å². The van der Waals surface area contributed by atoms with Crippen molar-refractivity contribution in [2.24, 2.45) is 10.9 Å². The Morgan fingerprint density at radius 3 is 2.81 bits per heavy atom. The maximum Gasteiger partial charge on any atom is 0.170 e. The van der Waals surface area contributed by atoms with Crippen LogP contribution >= 0.6 is 15.9 Å². The second-order valence-corrected chi connectivity index (χ2v) is 5.75. The molecule has 0 amide bonds. The number of halogens is 1. The van der Waals surface area contributed by atoms with Crippen LogP contribution in [0.1, 0.15) is 11.1 Å². The molecular weight excluding hydrogens is 330 g/mol. The Kier molecular flexibility index (Phi) is 3.66. The van der Waals surface area contributed by atoms with Crippen molar-refractivity contribution >= 4 is 32.7 Å². The van der Waals surface area contributed by atoms with Crippen LogP contribution < -0.4 is 5.73 Å². The van der Waals surface area contributed by atoms with Gasteiger partial charge >= 0.3 is 0 Å². The van der Waals surface area contributed by atoms with Crippen LogP contribution in [0.15, 0.2) is 64.4 Å². The van der Waals surface area contributed by atoms with E-state index in [0.29, 0.717) is 5.56 Å². The lowest BCUT2D eigenvalue weighted by Gasteiger charge is -2.07. The number of benzene rings is 2. The molecule has 3 rings (SSSR count). The Balaban J connectivity index is 1.97. The molecule has 106 valence electrons. The second-order valence-electron chi connectivity index (χ2n) is 4.83. The number of aromatic nitrogens is 1. The summed E-state index contributed by atoms with van der Waals surface area (Å²) in [5, 5.41) is 12.8. The van der Waals surface area contributed by atoms with E-state index in [0.717, 1.165) is 21.9 Å². The summed E-state index contributed by atoms with van der Waals surface area (Å²) in [4.78, 5) is 0. The molecule has 21 heavy (non-hydrogen) atoms. The number of fused-ring (bicyclic) bond motifs is 1. The Morgan fingerprint density at radius 2 is 2.05 bits per heavy atom. The largest absolute Gasteiger partial charge is 0.409 e. The Bertz CT molecular complexity index is 823. The molecular formula is C16H14BrN3O. The zero-order valence-corrected chi connectivity index (χ0v) is 12.8. The lowest BCUT2D eigenvalue weighted by atomic mass is 10.1. The van der Waals surface area contributed by atoms with Gasteiger partial charge in [-0.15, -0.1) is 0 Å². The topological polar surface area (TPSA) is 63.5 Å². The normalized spacial score (nSPS) is 12.0. The van der Waals surface area contributed by atoms with E-state index in [4.69, 9.17) is 10.9 Å². The van der Waals surface area contributed by atoms with Crippen LogP contribution in [0, 0.1) is 0 Å². The Hall–Kier alpha value is -2.27. The standard InChI is InChI=1S/C16H14BrN3O/c17-14-3-1-2-11(8-14)10-20-7-6-12-9-13(16(18)19-21)4-5-15(12)20/h1-9,21H,10H2,(H2,18,19). The first-order chi connectivity index (χ1) is 10.2. The lowest BCUT2D eigenvalue weighted by molar-refractivity contribution is 0.318. The van der Waals surface area contributed by atoms with Crippen LogP contribution in [-0.2, 0) is 6.54 Å². The quantitative estimate of drug-likeness (QED) is 0.330. The van der Waals surface area contributed by atoms with E-state index in [1.807, 2.05) is 42.6 Å². The minimum Gasteiger partial charge on any atom is -0.409 e. The molecule has 0 saturated heterocycles. The third kappa shape index (κ3) is 2.78. The number of hydrogen-bond acceptors (Lipinski definition) is 2. The summed E-state index contributed by atoms with van der Waals surface area (Å²) in [7, 11) is 0. The van der Waals surface area contributed by atoms with Crippen molar-refractivity contribution in [1.82, 2.24) is 4.57 Å². The van der Waals surface area contributed by atoms with Crippen LogP contribution in [-0.4, -0.2) is 15.6 Å². The zero-order chi connectivity index (χ0) is 14.8. The smallest absolute Gasteiger partial charge is 0.170 e. The molecule has 3 aromatic rings. The van der Waals surface area contributed by atoms with Gasteiger partial charge in [0.2, 0.25) is 0 Å². The minimum absolute atomic E-state index is 0.122. The highest BCUT2D eigenvalue weighted by Crippen LogP contribution is 2.20. The van der Waals surface area contributed by atoms with Gasteiger partial charge in [-0.25, -0.2) is 0 Å². The Morgan fingerprint density at radius 1 is 1.19 bits per heavy atom. The van der Waals surface area contributed by atoms with Crippen LogP contribution in [0.4, 0.5) is 0 Å². The molecule has 0 radical (unpaired) electrons. The third-order valence-electron chi connectivity index (χ3n) is 3.42. The SMILES string of the molecule is N/C(=N/O)c1ccc2c(ccn2Cc2cccc(Br)c2)c1. The molecule has 0 atom stereocenters. The molecule has 2 aromatic carbocycles. The molecule has 3 N–H and O–H groups in total. The molecule has 0 unspecified atom stereocenters. The van der Waals surface area contributed by atoms with Crippen LogP contribution in [0.2, 0.25) is 0 Å².